The summed E-state index contributed by atoms with van der Waals surface area (Å²) < 4.78 is 0. The maximum absolute atomic E-state index is 2.39. The third kappa shape index (κ3) is 5.00. The highest BCUT2D eigenvalue weighted by Crippen LogP contribution is 2.39. The van der Waals surface area contributed by atoms with Crippen LogP contribution in [-0.2, 0) is 0 Å². The maximum Gasteiger partial charge on any atom is -0.00988 e. The molecule has 0 aliphatic rings. The van der Waals surface area contributed by atoms with Crippen molar-refractivity contribution in [2.24, 2.45) is 0 Å². The summed E-state index contributed by atoms with van der Waals surface area (Å²) in [7, 11) is 0. The molecule has 0 heterocycles. The molecule has 0 aromatic heterocycles. The van der Waals surface area contributed by atoms with E-state index in [0.717, 1.165) is 0 Å². The molecule has 0 saturated heterocycles. The van der Waals surface area contributed by atoms with E-state index in [1.807, 2.05) is 0 Å². The second-order valence-electron chi connectivity index (χ2n) is 15.4. The summed E-state index contributed by atoms with van der Waals surface area (Å²) in [5.41, 5.74) is 7.47. The maximum atomic E-state index is 2.39. The van der Waals surface area contributed by atoms with Gasteiger partial charge in [-0.3, -0.25) is 0 Å². The van der Waals surface area contributed by atoms with Crippen molar-refractivity contribution >= 4 is 86.2 Å². The topological polar surface area (TPSA) is 0 Å². The van der Waals surface area contributed by atoms with Crippen molar-refractivity contribution in [3.63, 3.8) is 0 Å². The molecule has 12 aromatic carbocycles. The van der Waals surface area contributed by atoms with Crippen molar-refractivity contribution in [3.8, 4) is 33.4 Å². The van der Waals surface area contributed by atoms with Gasteiger partial charge in [0.25, 0.3) is 0 Å². The second-order valence-corrected chi connectivity index (χ2v) is 15.4. The third-order valence-electron chi connectivity index (χ3n) is 12.0. The van der Waals surface area contributed by atoms with E-state index in [2.05, 4.69) is 206 Å². The highest BCUT2D eigenvalue weighted by Gasteiger charge is 2.13. The Morgan fingerprint density at radius 1 is 0.161 bits per heavy atom. The monoisotopic (exact) mass is 706 g/mol. The molecule has 12 rings (SSSR count). The van der Waals surface area contributed by atoms with Gasteiger partial charge >= 0.3 is 0 Å². The van der Waals surface area contributed by atoms with Crippen LogP contribution >= 0.6 is 0 Å². The van der Waals surface area contributed by atoms with Gasteiger partial charge in [-0.15, -0.1) is 0 Å². The minimum atomic E-state index is 1.23. The Kier molecular flexibility index (Phi) is 6.73. The van der Waals surface area contributed by atoms with Gasteiger partial charge in [0, 0.05) is 0 Å². The summed E-state index contributed by atoms with van der Waals surface area (Å²) in [5, 5.41) is 20.4. The van der Waals surface area contributed by atoms with Crippen molar-refractivity contribution in [2.75, 3.05) is 0 Å². The summed E-state index contributed by atoms with van der Waals surface area (Å²) in [6.45, 7) is 0. The standard InChI is InChI=1S/C56H34/c1-2-9-35(10-3-1)51-14-6-7-15-52(51)53-16-8-13-42-28-47-26-40-19-17-39(25-46(40)31-50(47)33-54(42)53)38-18-20-41-27-49-34-56-44(29-48(49)30-45(41)24-38)22-21-43-23-36-11-4-5-12-37(36)32-55(43)56/h1-34H. The minimum Gasteiger partial charge on any atom is -0.0622 e. The van der Waals surface area contributed by atoms with Gasteiger partial charge in [0.2, 0.25) is 0 Å². The number of rotatable bonds is 3. The number of hydrogen-bond acceptors (Lipinski definition) is 0. The first-order valence-electron chi connectivity index (χ1n) is 19.5. The predicted molar refractivity (Wildman–Crippen MR) is 243 cm³/mol. The fourth-order valence-corrected chi connectivity index (χ4v) is 9.20. The van der Waals surface area contributed by atoms with Crippen LogP contribution in [-0.4, -0.2) is 0 Å². The quantitative estimate of drug-likeness (QED) is 0.127. The Balaban J connectivity index is 0.952. The minimum absolute atomic E-state index is 1.23. The highest BCUT2D eigenvalue weighted by molar-refractivity contribution is 6.17. The van der Waals surface area contributed by atoms with Crippen LogP contribution in [0.5, 0.6) is 0 Å². The Bertz CT molecular complexity index is 3570. The number of fused-ring (bicyclic) bond motifs is 9. The molecule has 0 bridgehead atoms. The summed E-state index contributed by atoms with van der Waals surface area (Å²) >= 11 is 0. The zero-order valence-corrected chi connectivity index (χ0v) is 30.6. The first-order chi connectivity index (χ1) is 27.7. The molecule has 0 nitrogen and oxygen atoms in total. The lowest BCUT2D eigenvalue weighted by Gasteiger charge is -2.14. The molecule has 0 radical (unpaired) electrons. The van der Waals surface area contributed by atoms with Gasteiger partial charge in [-0.2, -0.15) is 0 Å². The largest absolute Gasteiger partial charge is 0.0622 e. The van der Waals surface area contributed by atoms with E-state index in [0.29, 0.717) is 0 Å². The van der Waals surface area contributed by atoms with Crippen LogP contribution < -0.4 is 0 Å². The molecule has 0 unspecified atom stereocenters. The Hall–Kier alpha value is -7.28. The Morgan fingerprint density at radius 2 is 0.536 bits per heavy atom. The van der Waals surface area contributed by atoms with Crippen molar-refractivity contribution < 1.29 is 0 Å². The molecule has 0 aliphatic heterocycles. The van der Waals surface area contributed by atoms with Gasteiger partial charge in [0.15, 0.2) is 0 Å². The molecule has 0 aliphatic carbocycles. The molecule has 0 fully saturated rings. The van der Waals surface area contributed by atoms with Crippen molar-refractivity contribution in [3.05, 3.63) is 206 Å². The van der Waals surface area contributed by atoms with Crippen LogP contribution in [0.25, 0.3) is 120 Å². The lowest BCUT2D eigenvalue weighted by Crippen LogP contribution is -1.87. The van der Waals surface area contributed by atoms with Gasteiger partial charge in [-0.05, 0) is 192 Å². The van der Waals surface area contributed by atoms with E-state index in [-0.39, 0.29) is 0 Å². The summed E-state index contributed by atoms with van der Waals surface area (Å²) in [6, 6.07) is 76.8. The van der Waals surface area contributed by atoms with E-state index >= 15 is 0 Å². The van der Waals surface area contributed by atoms with E-state index in [1.165, 1.54) is 120 Å². The van der Waals surface area contributed by atoms with E-state index in [4.69, 9.17) is 0 Å². The normalized spacial score (nSPS) is 11.9. The molecule has 0 N–H and O–H groups in total. The smallest absolute Gasteiger partial charge is 0.00988 e. The van der Waals surface area contributed by atoms with E-state index in [1.54, 1.807) is 0 Å². The predicted octanol–water partition coefficient (Wildman–Crippen LogP) is 15.9. The number of hydrogen-bond donors (Lipinski definition) is 0. The average Bonchev–Trinajstić information content (AvgIpc) is 3.25. The van der Waals surface area contributed by atoms with Crippen LogP contribution in [0.2, 0.25) is 0 Å². The van der Waals surface area contributed by atoms with Crippen molar-refractivity contribution in [1.29, 1.82) is 0 Å². The first-order valence-corrected chi connectivity index (χ1v) is 19.5. The molecule has 56 heavy (non-hydrogen) atoms. The lowest BCUT2D eigenvalue weighted by molar-refractivity contribution is 1.60. The Labute approximate surface area is 324 Å². The summed E-state index contributed by atoms with van der Waals surface area (Å²) in [5.74, 6) is 0. The summed E-state index contributed by atoms with van der Waals surface area (Å²) in [6.07, 6.45) is 0. The molecule has 0 amide bonds. The van der Waals surface area contributed by atoms with Crippen LogP contribution in [0.4, 0.5) is 0 Å². The second kappa shape index (κ2) is 12.1. The van der Waals surface area contributed by atoms with Crippen LogP contribution in [0.1, 0.15) is 0 Å². The highest BCUT2D eigenvalue weighted by atomic mass is 14.2. The molecular formula is C56H34. The number of benzene rings is 12. The fourth-order valence-electron chi connectivity index (χ4n) is 9.20. The van der Waals surface area contributed by atoms with Gasteiger partial charge in [-0.25, -0.2) is 0 Å². The molecule has 258 valence electrons. The van der Waals surface area contributed by atoms with Crippen molar-refractivity contribution in [1.82, 2.24) is 0 Å². The van der Waals surface area contributed by atoms with Crippen molar-refractivity contribution in [2.45, 2.75) is 0 Å². The molecule has 0 atom stereocenters. The SMILES string of the molecule is c1ccc(-c2ccccc2-c2cccc3cc4cc5ccc(-c6ccc7cc8cc9c(ccc%10cc%11ccccc%11cc%109)cc8cc7c6)cc5cc4cc23)cc1. The van der Waals surface area contributed by atoms with Crippen LogP contribution in [0, 0.1) is 0 Å². The first kappa shape index (κ1) is 31.1. The van der Waals surface area contributed by atoms with Gasteiger partial charge in [0.1, 0.15) is 0 Å². The zero-order chi connectivity index (χ0) is 36.7. The lowest BCUT2D eigenvalue weighted by atomic mass is 9.90. The van der Waals surface area contributed by atoms with Crippen LogP contribution in [0.15, 0.2) is 206 Å². The van der Waals surface area contributed by atoms with E-state index in [9.17, 15) is 0 Å². The molecule has 12 aromatic rings. The molecular weight excluding hydrogens is 673 g/mol. The van der Waals surface area contributed by atoms with Gasteiger partial charge in [0.05, 0.1) is 0 Å². The van der Waals surface area contributed by atoms with Crippen LogP contribution in [0.3, 0.4) is 0 Å². The third-order valence-corrected chi connectivity index (χ3v) is 12.0. The average molecular weight is 707 g/mol. The van der Waals surface area contributed by atoms with Gasteiger partial charge in [-0.1, -0.05) is 133 Å². The Morgan fingerprint density at radius 3 is 1.20 bits per heavy atom. The van der Waals surface area contributed by atoms with Gasteiger partial charge < -0.3 is 0 Å². The fraction of sp³-hybridized carbons (Fsp3) is 0. The molecule has 0 heteroatoms. The zero-order valence-electron chi connectivity index (χ0n) is 30.6. The van der Waals surface area contributed by atoms with E-state index < -0.39 is 0 Å². The molecule has 0 spiro atoms. The summed E-state index contributed by atoms with van der Waals surface area (Å²) in [4.78, 5) is 0. The molecule has 0 saturated carbocycles.